The fourth-order valence-corrected chi connectivity index (χ4v) is 5.96. The van der Waals surface area contributed by atoms with E-state index in [0.29, 0.717) is 5.56 Å². The van der Waals surface area contributed by atoms with Crippen molar-refractivity contribution in [2.75, 3.05) is 12.1 Å². The van der Waals surface area contributed by atoms with Crippen molar-refractivity contribution in [1.29, 1.82) is 0 Å². The van der Waals surface area contributed by atoms with Gasteiger partial charge in [0, 0.05) is 35.5 Å². The molecule has 4 aromatic rings. The number of nitrogens with zero attached hydrogens (tertiary/aromatic N) is 3. The number of hydrogen-bond donors (Lipinski definition) is 3. The summed E-state index contributed by atoms with van der Waals surface area (Å²) in [7, 11) is 0. The molecule has 0 radical (unpaired) electrons. The second kappa shape index (κ2) is 12.1. The Labute approximate surface area is 265 Å². The van der Waals surface area contributed by atoms with Crippen molar-refractivity contribution in [2.45, 2.75) is 71.1 Å². The normalized spacial score (nSPS) is 18.2. The number of rotatable bonds is 6. The van der Waals surface area contributed by atoms with E-state index in [-0.39, 0.29) is 35.4 Å². The molecule has 12 heteroatoms. The summed E-state index contributed by atoms with van der Waals surface area (Å²) in [6.07, 6.45) is 6.35. The van der Waals surface area contributed by atoms with Gasteiger partial charge in [-0.3, -0.25) is 0 Å². The highest BCUT2D eigenvalue weighted by Gasteiger charge is 2.27. The number of nitrogens with two attached hydrogens (primary N) is 1. The van der Waals surface area contributed by atoms with E-state index in [0.717, 1.165) is 65.1 Å². The molecule has 1 aliphatic carbocycles. The van der Waals surface area contributed by atoms with Crippen LogP contribution in [0.2, 0.25) is 5.02 Å². The Morgan fingerprint density at radius 2 is 1.89 bits per heavy atom. The predicted octanol–water partition coefficient (Wildman–Crippen LogP) is 7.12. The van der Waals surface area contributed by atoms with Gasteiger partial charge in [-0.2, -0.15) is 5.10 Å². The highest BCUT2D eigenvalue weighted by Crippen LogP contribution is 2.41. The molecule has 0 bridgehead atoms. The monoisotopic (exact) mass is 634 g/mol. The standard InChI is InChI=1S/C33H36ClFN6O4/c1-18-23(10-12-28-30(18)44-17-43-28)19-13-27-29(38-21-6-8-22(9-7-21)39-32(42)45-33(2,3)4)24(15-37-41(27)16-19)31(36)40-26-14-20(35)5-11-25(26)34/h5,10-16,21-22,38H,6-9,17H2,1-4H3,(H2,36,40)(H,39,42). The topological polar surface area (TPSA) is 124 Å². The van der Waals surface area contributed by atoms with E-state index in [2.05, 4.69) is 20.7 Å². The summed E-state index contributed by atoms with van der Waals surface area (Å²) in [5, 5.41) is 11.6. The lowest BCUT2D eigenvalue weighted by molar-refractivity contribution is 0.0492. The molecule has 2 aromatic heterocycles. The minimum atomic E-state index is -0.557. The van der Waals surface area contributed by atoms with Gasteiger partial charge in [0.2, 0.25) is 6.79 Å². The van der Waals surface area contributed by atoms with E-state index < -0.39 is 17.5 Å². The van der Waals surface area contributed by atoms with Crippen molar-refractivity contribution < 1.29 is 23.4 Å². The van der Waals surface area contributed by atoms with Crippen LogP contribution in [0.3, 0.4) is 0 Å². The summed E-state index contributed by atoms with van der Waals surface area (Å²) in [6.45, 7) is 7.73. The minimum Gasteiger partial charge on any atom is -0.454 e. The molecule has 6 rings (SSSR count). The second-order valence-electron chi connectivity index (χ2n) is 12.4. The number of aromatic nitrogens is 2. The summed E-state index contributed by atoms with van der Waals surface area (Å²) in [5.41, 5.74) is 11.2. The molecule has 10 nitrogen and oxygen atoms in total. The number of amides is 1. The number of ether oxygens (including phenoxy) is 3. The molecule has 0 unspecified atom stereocenters. The smallest absolute Gasteiger partial charge is 0.407 e. The summed E-state index contributed by atoms with van der Waals surface area (Å²) >= 11 is 6.31. The van der Waals surface area contributed by atoms with Crippen LogP contribution in [0.5, 0.6) is 11.5 Å². The molecule has 2 aliphatic rings. The van der Waals surface area contributed by atoms with Crippen molar-refractivity contribution in [3.63, 3.8) is 0 Å². The van der Waals surface area contributed by atoms with Gasteiger partial charge in [-0.05, 0) is 83.2 Å². The Morgan fingerprint density at radius 1 is 1.13 bits per heavy atom. The van der Waals surface area contributed by atoms with Gasteiger partial charge in [0.1, 0.15) is 17.3 Å². The highest BCUT2D eigenvalue weighted by atomic mass is 35.5. The third-order valence-corrected chi connectivity index (χ3v) is 8.28. The number of hydrogen-bond acceptors (Lipinski definition) is 7. The second-order valence-corrected chi connectivity index (χ2v) is 12.8. The van der Waals surface area contributed by atoms with Crippen LogP contribution in [0, 0.1) is 12.7 Å². The van der Waals surface area contributed by atoms with Crippen molar-refractivity contribution in [3.05, 3.63) is 70.8 Å². The lowest BCUT2D eigenvalue weighted by atomic mass is 9.91. The first kappa shape index (κ1) is 30.5. The third-order valence-electron chi connectivity index (χ3n) is 7.96. The van der Waals surface area contributed by atoms with Crippen LogP contribution in [0.25, 0.3) is 16.6 Å². The third kappa shape index (κ3) is 6.63. The molecule has 1 saturated carbocycles. The number of anilines is 1. The van der Waals surface area contributed by atoms with E-state index in [4.69, 9.17) is 31.5 Å². The van der Waals surface area contributed by atoms with Crippen LogP contribution in [0.15, 0.2) is 53.8 Å². The first-order valence-electron chi connectivity index (χ1n) is 14.9. The number of aliphatic imine (C=N–C) groups is 1. The molecule has 1 fully saturated rings. The van der Waals surface area contributed by atoms with Crippen LogP contribution >= 0.6 is 11.6 Å². The molecular weight excluding hydrogens is 599 g/mol. The summed E-state index contributed by atoms with van der Waals surface area (Å²) < 4.78 is 32.5. The fourth-order valence-electron chi connectivity index (χ4n) is 5.80. The summed E-state index contributed by atoms with van der Waals surface area (Å²) in [6, 6.07) is 10.0. The van der Waals surface area contributed by atoms with Crippen molar-refractivity contribution >= 4 is 40.4 Å². The van der Waals surface area contributed by atoms with Crippen molar-refractivity contribution in [1.82, 2.24) is 14.9 Å². The highest BCUT2D eigenvalue weighted by molar-refractivity contribution is 6.33. The molecule has 1 amide bonds. The number of amidine groups is 1. The maximum Gasteiger partial charge on any atom is 0.407 e. The van der Waals surface area contributed by atoms with Crippen LogP contribution in [0.4, 0.5) is 20.6 Å². The molecule has 0 spiro atoms. The van der Waals surface area contributed by atoms with Gasteiger partial charge in [0.15, 0.2) is 11.5 Å². The minimum absolute atomic E-state index is 0.0189. The average molecular weight is 635 g/mol. The quantitative estimate of drug-likeness (QED) is 0.152. The zero-order chi connectivity index (χ0) is 31.9. The molecule has 3 heterocycles. The number of carbonyl (C=O) groups is 1. The molecule has 0 atom stereocenters. The van der Waals surface area contributed by atoms with E-state index in [1.54, 1.807) is 10.7 Å². The van der Waals surface area contributed by atoms with Gasteiger partial charge < -0.3 is 30.6 Å². The SMILES string of the molecule is Cc1c(-c2cc3c(NC4CCC(NC(=O)OC(C)(C)C)CC4)c(C(N)=Nc4cc(F)ccc4Cl)cnn3c2)ccc2c1OCO2. The number of carbonyl (C=O) groups excluding carboxylic acids is 1. The first-order valence-corrected chi connectivity index (χ1v) is 15.3. The van der Waals surface area contributed by atoms with E-state index in [9.17, 15) is 9.18 Å². The molecule has 236 valence electrons. The molecule has 2 aromatic carbocycles. The van der Waals surface area contributed by atoms with Gasteiger partial charge in [0.25, 0.3) is 0 Å². The van der Waals surface area contributed by atoms with Crippen LogP contribution in [-0.2, 0) is 4.74 Å². The van der Waals surface area contributed by atoms with E-state index in [1.165, 1.54) is 18.2 Å². The van der Waals surface area contributed by atoms with Gasteiger partial charge in [-0.25, -0.2) is 18.7 Å². The van der Waals surface area contributed by atoms with Gasteiger partial charge in [0.05, 0.1) is 33.7 Å². The zero-order valence-electron chi connectivity index (χ0n) is 25.6. The molecule has 45 heavy (non-hydrogen) atoms. The number of halogens is 2. The Morgan fingerprint density at radius 3 is 2.64 bits per heavy atom. The Bertz CT molecular complexity index is 1790. The van der Waals surface area contributed by atoms with Gasteiger partial charge in [-0.1, -0.05) is 17.7 Å². The number of benzene rings is 2. The number of alkyl carbamates (subject to hydrolysis) is 1. The maximum atomic E-state index is 14.0. The van der Waals surface area contributed by atoms with E-state index >= 15 is 0 Å². The number of fused-ring (bicyclic) bond motifs is 2. The lowest BCUT2D eigenvalue weighted by Crippen LogP contribution is -2.42. The van der Waals surface area contributed by atoms with Gasteiger partial charge in [-0.15, -0.1) is 0 Å². The van der Waals surface area contributed by atoms with E-state index in [1.807, 2.05) is 52.1 Å². The molecule has 1 aliphatic heterocycles. The number of nitrogens with one attached hydrogen (secondary N) is 2. The van der Waals surface area contributed by atoms with Crippen LogP contribution in [-0.4, -0.2) is 46.0 Å². The molecular formula is C33H36ClFN6O4. The lowest BCUT2D eigenvalue weighted by Gasteiger charge is -2.31. The molecule has 0 saturated heterocycles. The average Bonchev–Trinajstić information content (AvgIpc) is 3.63. The van der Waals surface area contributed by atoms with Crippen LogP contribution < -0.4 is 25.8 Å². The fraction of sp³-hybridized carbons (Fsp3) is 0.364. The maximum absolute atomic E-state index is 14.0. The summed E-state index contributed by atoms with van der Waals surface area (Å²) in [5.74, 6) is 1.13. The first-order chi connectivity index (χ1) is 21.4. The Kier molecular flexibility index (Phi) is 8.22. The van der Waals surface area contributed by atoms with Crippen molar-refractivity contribution in [2.24, 2.45) is 10.7 Å². The van der Waals surface area contributed by atoms with Crippen molar-refractivity contribution in [3.8, 4) is 22.6 Å². The molecule has 4 N–H and O–H groups in total. The summed E-state index contributed by atoms with van der Waals surface area (Å²) in [4.78, 5) is 16.8. The van der Waals surface area contributed by atoms with Crippen LogP contribution in [0.1, 0.15) is 57.6 Å². The van der Waals surface area contributed by atoms with Gasteiger partial charge >= 0.3 is 6.09 Å². The Balaban J connectivity index is 1.33. The predicted molar refractivity (Wildman–Crippen MR) is 172 cm³/mol. The zero-order valence-corrected chi connectivity index (χ0v) is 26.4. The Hall–Kier alpha value is -4.51. The largest absolute Gasteiger partial charge is 0.454 e.